The minimum atomic E-state index is 0.376. The molecule has 1 aromatic rings. The van der Waals surface area contributed by atoms with Gasteiger partial charge in [0.05, 0.1) is 12.0 Å². The summed E-state index contributed by atoms with van der Waals surface area (Å²) in [6.07, 6.45) is 13.2. The van der Waals surface area contributed by atoms with Crippen molar-refractivity contribution in [2.45, 2.75) is 38.6 Å². The van der Waals surface area contributed by atoms with Crippen molar-refractivity contribution in [2.75, 3.05) is 6.54 Å². The molecule has 16 heavy (non-hydrogen) atoms. The topological polar surface area (TPSA) is 29.9 Å². The van der Waals surface area contributed by atoms with Gasteiger partial charge in [0.1, 0.15) is 0 Å². The van der Waals surface area contributed by atoms with E-state index in [1.54, 1.807) is 0 Å². The fourth-order valence-corrected chi connectivity index (χ4v) is 1.78. The van der Waals surface area contributed by atoms with E-state index in [1.807, 2.05) is 19.6 Å². The van der Waals surface area contributed by atoms with E-state index in [1.165, 1.54) is 5.69 Å². The summed E-state index contributed by atoms with van der Waals surface area (Å²) in [5.74, 6) is 2.69. The van der Waals surface area contributed by atoms with Crippen LogP contribution in [0.25, 0.3) is 0 Å². The van der Waals surface area contributed by atoms with Gasteiger partial charge in [-0.25, -0.2) is 4.98 Å². The summed E-state index contributed by atoms with van der Waals surface area (Å²) < 4.78 is 2.07. The Morgan fingerprint density at radius 2 is 2.44 bits per heavy atom. The fraction of sp³-hybridized carbons (Fsp3) is 0.615. The van der Waals surface area contributed by atoms with Gasteiger partial charge in [-0.3, -0.25) is 0 Å². The number of rotatable bonds is 7. The first-order chi connectivity index (χ1) is 7.79. The monoisotopic (exact) mass is 219 g/mol. The van der Waals surface area contributed by atoms with Crippen LogP contribution in [-0.2, 0) is 7.05 Å². The molecule has 0 saturated carbocycles. The number of aromatic nitrogens is 2. The molecule has 3 heteroatoms. The molecule has 1 aromatic heterocycles. The Labute approximate surface area is 98.3 Å². The van der Waals surface area contributed by atoms with E-state index in [2.05, 4.69) is 27.7 Å². The average molecular weight is 219 g/mol. The van der Waals surface area contributed by atoms with Crippen molar-refractivity contribution in [3.8, 4) is 12.3 Å². The highest BCUT2D eigenvalue weighted by molar-refractivity contribution is 5.05. The van der Waals surface area contributed by atoms with Gasteiger partial charge in [0, 0.05) is 25.7 Å². The molecule has 1 unspecified atom stereocenters. The first-order valence-corrected chi connectivity index (χ1v) is 5.92. The first kappa shape index (κ1) is 12.8. The van der Waals surface area contributed by atoms with Crippen LogP contribution in [0.5, 0.6) is 0 Å². The molecule has 0 bridgehead atoms. The van der Waals surface area contributed by atoms with Crippen LogP contribution in [0, 0.1) is 12.3 Å². The lowest BCUT2D eigenvalue weighted by Crippen LogP contribution is -2.23. The number of hydrogen-bond donors (Lipinski definition) is 1. The van der Waals surface area contributed by atoms with Crippen molar-refractivity contribution in [1.82, 2.24) is 14.9 Å². The van der Waals surface area contributed by atoms with Crippen LogP contribution in [0.3, 0.4) is 0 Å². The van der Waals surface area contributed by atoms with Crippen LogP contribution < -0.4 is 5.32 Å². The summed E-state index contributed by atoms with van der Waals surface area (Å²) in [4.78, 5) is 4.16. The molecule has 0 radical (unpaired) electrons. The first-order valence-electron chi connectivity index (χ1n) is 5.92. The van der Waals surface area contributed by atoms with Crippen molar-refractivity contribution in [3.05, 3.63) is 18.2 Å². The van der Waals surface area contributed by atoms with Crippen molar-refractivity contribution < 1.29 is 0 Å². The molecule has 1 rings (SSSR count). The van der Waals surface area contributed by atoms with E-state index in [9.17, 15) is 0 Å². The molecule has 1 heterocycles. The second-order valence-corrected chi connectivity index (χ2v) is 4.03. The molecule has 0 aliphatic rings. The summed E-state index contributed by atoms with van der Waals surface area (Å²) in [7, 11) is 2.03. The Balaban J connectivity index is 2.57. The third kappa shape index (κ3) is 3.71. The zero-order valence-corrected chi connectivity index (χ0v) is 10.2. The minimum Gasteiger partial charge on any atom is -0.336 e. The SMILES string of the molecule is C#CCCCC(NCCC)c1cncn1C. The molecule has 0 spiro atoms. The van der Waals surface area contributed by atoms with E-state index in [-0.39, 0.29) is 0 Å². The lowest BCUT2D eigenvalue weighted by Gasteiger charge is -2.18. The number of nitrogens with one attached hydrogen (secondary N) is 1. The molecule has 0 amide bonds. The van der Waals surface area contributed by atoms with Crippen LogP contribution in [0.2, 0.25) is 0 Å². The van der Waals surface area contributed by atoms with Crippen molar-refractivity contribution in [2.24, 2.45) is 7.05 Å². The average Bonchev–Trinajstić information content (AvgIpc) is 2.70. The van der Waals surface area contributed by atoms with Gasteiger partial charge in [0.15, 0.2) is 0 Å². The van der Waals surface area contributed by atoms with Gasteiger partial charge in [-0.2, -0.15) is 0 Å². The summed E-state index contributed by atoms with van der Waals surface area (Å²) in [5.41, 5.74) is 1.24. The molecule has 0 aliphatic carbocycles. The Morgan fingerprint density at radius 1 is 1.62 bits per heavy atom. The van der Waals surface area contributed by atoms with Crippen LogP contribution in [0.4, 0.5) is 0 Å². The molecular formula is C13H21N3. The predicted octanol–water partition coefficient (Wildman–Crippen LogP) is 2.26. The van der Waals surface area contributed by atoms with Gasteiger partial charge in [-0.15, -0.1) is 12.3 Å². The predicted molar refractivity (Wildman–Crippen MR) is 66.9 cm³/mol. The van der Waals surface area contributed by atoms with E-state index in [4.69, 9.17) is 6.42 Å². The zero-order chi connectivity index (χ0) is 11.8. The van der Waals surface area contributed by atoms with Gasteiger partial charge < -0.3 is 9.88 Å². The molecule has 3 nitrogen and oxygen atoms in total. The zero-order valence-electron chi connectivity index (χ0n) is 10.2. The fourth-order valence-electron chi connectivity index (χ4n) is 1.78. The van der Waals surface area contributed by atoms with Crippen molar-refractivity contribution >= 4 is 0 Å². The highest BCUT2D eigenvalue weighted by atomic mass is 15.1. The van der Waals surface area contributed by atoms with Gasteiger partial charge in [0.2, 0.25) is 0 Å². The lowest BCUT2D eigenvalue weighted by atomic mass is 10.1. The third-order valence-electron chi connectivity index (χ3n) is 2.67. The summed E-state index contributed by atoms with van der Waals surface area (Å²) >= 11 is 0. The van der Waals surface area contributed by atoms with E-state index < -0.39 is 0 Å². The standard InChI is InChI=1S/C13H21N3/c1-4-6-7-8-12(15-9-5-2)13-10-14-11-16(13)3/h1,10-12,15H,5-9H2,2-3H3. The Kier molecular flexibility index (Phi) is 5.66. The lowest BCUT2D eigenvalue weighted by molar-refractivity contribution is 0.466. The molecule has 0 aliphatic heterocycles. The summed E-state index contributed by atoms with van der Waals surface area (Å²) in [5, 5.41) is 3.54. The smallest absolute Gasteiger partial charge is 0.0946 e. The van der Waals surface area contributed by atoms with Gasteiger partial charge in [-0.05, 0) is 25.8 Å². The summed E-state index contributed by atoms with van der Waals surface area (Å²) in [6.45, 7) is 3.21. The second-order valence-electron chi connectivity index (χ2n) is 4.03. The van der Waals surface area contributed by atoms with Gasteiger partial charge >= 0.3 is 0 Å². The normalized spacial score (nSPS) is 12.3. The molecule has 0 saturated heterocycles. The molecule has 1 N–H and O–H groups in total. The second kappa shape index (κ2) is 7.08. The van der Waals surface area contributed by atoms with Gasteiger partial charge in [-0.1, -0.05) is 6.92 Å². The molecular weight excluding hydrogens is 198 g/mol. The van der Waals surface area contributed by atoms with E-state index in [0.29, 0.717) is 6.04 Å². The Bertz CT molecular complexity index is 335. The quantitative estimate of drug-likeness (QED) is 0.563. The maximum atomic E-state index is 5.28. The van der Waals surface area contributed by atoms with Crippen LogP contribution in [0.1, 0.15) is 44.3 Å². The number of terminal acetylenes is 1. The van der Waals surface area contributed by atoms with Gasteiger partial charge in [0.25, 0.3) is 0 Å². The Morgan fingerprint density at radius 3 is 3.00 bits per heavy atom. The number of unbranched alkanes of at least 4 members (excludes halogenated alkanes) is 1. The Hall–Kier alpha value is -1.27. The number of imidazole rings is 1. The molecule has 1 atom stereocenters. The number of nitrogens with zero attached hydrogens (tertiary/aromatic N) is 2. The maximum absolute atomic E-state index is 5.28. The van der Waals surface area contributed by atoms with Crippen LogP contribution in [-0.4, -0.2) is 16.1 Å². The van der Waals surface area contributed by atoms with Crippen LogP contribution in [0.15, 0.2) is 12.5 Å². The minimum absolute atomic E-state index is 0.376. The van der Waals surface area contributed by atoms with E-state index in [0.717, 1.165) is 32.2 Å². The van der Waals surface area contributed by atoms with E-state index >= 15 is 0 Å². The molecule has 0 aromatic carbocycles. The highest BCUT2D eigenvalue weighted by Crippen LogP contribution is 2.18. The van der Waals surface area contributed by atoms with Crippen LogP contribution >= 0.6 is 0 Å². The molecule has 0 fully saturated rings. The summed E-state index contributed by atoms with van der Waals surface area (Å²) in [6, 6.07) is 0.376. The van der Waals surface area contributed by atoms with Crippen molar-refractivity contribution in [3.63, 3.8) is 0 Å². The maximum Gasteiger partial charge on any atom is 0.0946 e. The number of hydrogen-bond acceptors (Lipinski definition) is 2. The third-order valence-corrected chi connectivity index (χ3v) is 2.67. The highest BCUT2D eigenvalue weighted by Gasteiger charge is 2.13. The van der Waals surface area contributed by atoms with Crippen molar-refractivity contribution in [1.29, 1.82) is 0 Å². The largest absolute Gasteiger partial charge is 0.336 e. The molecule has 88 valence electrons. The number of aryl methyl sites for hydroxylation is 1.